The molecule has 0 aromatic rings. The lowest BCUT2D eigenvalue weighted by atomic mass is 10.0. The van der Waals surface area contributed by atoms with Crippen LogP contribution < -0.4 is 5.32 Å². The Morgan fingerprint density at radius 1 is 1.50 bits per heavy atom. The maximum absolute atomic E-state index is 9.27. The highest BCUT2D eigenvalue weighted by atomic mass is 16.3. The van der Waals surface area contributed by atoms with Gasteiger partial charge in [-0.25, -0.2) is 0 Å². The van der Waals surface area contributed by atoms with Gasteiger partial charge in [-0.2, -0.15) is 0 Å². The van der Waals surface area contributed by atoms with Crippen LogP contribution in [0.1, 0.15) is 6.42 Å². The lowest BCUT2D eigenvalue weighted by Gasteiger charge is -2.32. The number of nitrogens with one attached hydrogen (secondary N) is 2. The monoisotopic (exact) mass is 169 g/mol. The van der Waals surface area contributed by atoms with Crippen LogP contribution in [-0.2, 0) is 0 Å². The van der Waals surface area contributed by atoms with Gasteiger partial charge in [0.2, 0.25) is 0 Å². The summed E-state index contributed by atoms with van der Waals surface area (Å²) in [5, 5.41) is 20.2. The van der Waals surface area contributed by atoms with Crippen LogP contribution in [0.25, 0.3) is 0 Å². The summed E-state index contributed by atoms with van der Waals surface area (Å²) < 4.78 is 0. The summed E-state index contributed by atoms with van der Waals surface area (Å²) in [5.41, 5.74) is 0. The lowest BCUT2D eigenvalue weighted by Crippen LogP contribution is -2.51. The molecule has 0 aromatic heterocycles. The van der Waals surface area contributed by atoms with E-state index in [0.29, 0.717) is 18.3 Å². The Morgan fingerprint density at radius 2 is 2.25 bits per heavy atom. The lowest BCUT2D eigenvalue weighted by molar-refractivity contribution is 0.187. The van der Waals surface area contributed by atoms with Crippen molar-refractivity contribution in [3.63, 3.8) is 0 Å². The van der Waals surface area contributed by atoms with Crippen molar-refractivity contribution in [2.75, 3.05) is 26.2 Å². The largest absolute Gasteiger partial charge is 0.391 e. The molecule has 2 fully saturated rings. The van der Waals surface area contributed by atoms with Crippen molar-refractivity contribution in [2.24, 2.45) is 5.92 Å². The molecule has 68 valence electrons. The zero-order valence-electron chi connectivity index (χ0n) is 7.08. The first-order chi connectivity index (χ1) is 5.77. The molecule has 0 radical (unpaired) electrons. The van der Waals surface area contributed by atoms with Crippen LogP contribution in [0.3, 0.4) is 0 Å². The van der Waals surface area contributed by atoms with Gasteiger partial charge in [-0.15, -0.1) is 0 Å². The van der Waals surface area contributed by atoms with Gasteiger partial charge in [0.25, 0.3) is 0 Å². The van der Waals surface area contributed by atoms with Crippen molar-refractivity contribution >= 4 is 5.84 Å². The quantitative estimate of drug-likeness (QED) is 0.357. The average Bonchev–Trinajstić information content (AvgIpc) is 2.31. The maximum atomic E-state index is 9.27. The Kier molecular flexibility index (Phi) is 2.02. The number of nitrogens with zero attached hydrogens (tertiary/aromatic N) is 1. The second kappa shape index (κ2) is 3.03. The minimum absolute atomic E-state index is 0.210. The van der Waals surface area contributed by atoms with Crippen molar-refractivity contribution in [1.82, 2.24) is 10.2 Å². The fourth-order valence-corrected chi connectivity index (χ4v) is 1.70. The number of β-amino-alcohol motifs (C(OH)–C–C–N with tert-alkyl or cyclic N) is 1. The Balaban J connectivity index is 1.87. The SMILES string of the molecule is N=C(C1CNC1)N1CC[C@H](O)C1. The van der Waals surface area contributed by atoms with E-state index in [1.165, 1.54) is 0 Å². The molecule has 0 saturated carbocycles. The van der Waals surface area contributed by atoms with Crippen LogP contribution in [0.15, 0.2) is 0 Å². The number of aliphatic hydroxyl groups is 1. The molecular weight excluding hydrogens is 154 g/mol. The van der Waals surface area contributed by atoms with Crippen molar-refractivity contribution in [1.29, 1.82) is 5.41 Å². The van der Waals surface area contributed by atoms with E-state index in [1.54, 1.807) is 0 Å². The van der Waals surface area contributed by atoms with E-state index in [1.807, 2.05) is 4.90 Å². The second-order valence-electron chi connectivity index (χ2n) is 3.63. The molecule has 2 heterocycles. The summed E-state index contributed by atoms with van der Waals surface area (Å²) in [6.45, 7) is 3.39. The van der Waals surface area contributed by atoms with Gasteiger partial charge in [0.05, 0.1) is 6.10 Å². The predicted molar refractivity (Wildman–Crippen MR) is 46.3 cm³/mol. The van der Waals surface area contributed by atoms with Crippen molar-refractivity contribution < 1.29 is 5.11 Å². The molecule has 0 bridgehead atoms. The second-order valence-corrected chi connectivity index (χ2v) is 3.63. The van der Waals surface area contributed by atoms with Crippen molar-refractivity contribution in [3.8, 4) is 0 Å². The number of amidine groups is 1. The van der Waals surface area contributed by atoms with E-state index in [2.05, 4.69) is 5.32 Å². The molecular formula is C8H15N3O. The van der Waals surface area contributed by atoms with Gasteiger partial charge in [-0.05, 0) is 6.42 Å². The van der Waals surface area contributed by atoms with Crippen LogP contribution >= 0.6 is 0 Å². The highest BCUT2D eigenvalue weighted by Crippen LogP contribution is 2.15. The molecule has 0 aliphatic carbocycles. The molecule has 2 saturated heterocycles. The Labute approximate surface area is 72.1 Å². The summed E-state index contributed by atoms with van der Waals surface area (Å²) in [5.74, 6) is 1.11. The van der Waals surface area contributed by atoms with Crippen LogP contribution in [0, 0.1) is 11.3 Å². The van der Waals surface area contributed by atoms with Gasteiger partial charge in [0.1, 0.15) is 5.84 Å². The van der Waals surface area contributed by atoms with E-state index in [9.17, 15) is 5.11 Å². The van der Waals surface area contributed by atoms with Gasteiger partial charge in [-0.3, -0.25) is 5.41 Å². The molecule has 4 heteroatoms. The van der Waals surface area contributed by atoms with Gasteiger partial charge in [0, 0.05) is 32.1 Å². The number of likely N-dealkylation sites (tertiary alicyclic amines) is 1. The van der Waals surface area contributed by atoms with Gasteiger partial charge in [-0.1, -0.05) is 0 Å². The van der Waals surface area contributed by atoms with Gasteiger partial charge in [0.15, 0.2) is 0 Å². The molecule has 12 heavy (non-hydrogen) atoms. The summed E-state index contributed by atoms with van der Waals surface area (Å²) >= 11 is 0. The first kappa shape index (κ1) is 8.01. The molecule has 2 aliphatic rings. The zero-order valence-corrected chi connectivity index (χ0v) is 7.08. The molecule has 1 atom stereocenters. The van der Waals surface area contributed by atoms with Gasteiger partial charge < -0.3 is 15.3 Å². The van der Waals surface area contributed by atoms with E-state index < -0.39 is 0 Å². The van der Waals surface area contributed by atoms with Crippen molar-refractivity contribution in [3.05, 3.63) is 0 Å². The Bertz CT molecular complexity index is 191. The van der Waals surface area contributed by atoms with Crippen molar-refractivity contribution in [2.45, 2.75) is 12.5 Å². The molecule has 3 N–H and O–H groups in total. The summed E-state index contributed by atoms with van der Waals surface area (Å²) in [4.78, 5) is 2.00. The third-order valence-corrected chi connectivity index (χ3v) is 2.67. The first-order valence-electron chi connectivity index (χ1n) is 4.49. The summed E-state index contributed by atoms with van der Waals surface area (Å²) in [6.07, 6.45) is 0.612. The number of hydrogen-bond donors (Lipinski definition) is 3. The molecule has 0 amide bonds. The Hall–Kier alpha value is -0.610. The number of rotatable bonds is 1. The van der Waals surface area contributed by atoms with Crippen LogP contribution in [0.4, 0.5) is 0 Å². The predicted octanol–water partition coefficient (Wildman–Crippen LogP) is -0.750. The first-order valence-corrected chi connectivity index (χ1v) is 4.49. The number of aliphatic hydroxyl groups excluding tert-OH is 1. The smallest absolute Gasteiger partial charge is 0.102 e. The molecule has 2 aliphatic heterocycles. The van der Waals surface area contributed by atoms with Crippen LogP contribution in [0.5, 0.6) is 0 Å². The standard InChI is InChI=1S/C8H15N3O/c9-8(6-3-10-4-6)11-2-1-7(12)5-11/h6-7,9-10,12H,1-5H2/t7-/m0/s1. The topological polar surface area (TPSA) is 59.4 Å². The van der Waals surface area contributed by atoms with Crippen LogP contribution in [0.2, 0.25) is 0 Å². The minimum Gasteiger partial charge on any atom is -0.391 e. The zero-order chi connectivity index (χ0) is 8.55. The highest BCUT2D eigenvalue weighted by Gasteiger charge is 2.29. The third-order valence-electron chi connectivity index (χ3n) is 2.67. The van der Waals surface area contributed by atoms with Crippen LogP contribution in [-0.4, -0.2) is 48.1 Å². The highest BCUT2D eigenvalue weighted by molar-refractivity contribution is 5.83. The fraction of sp³-hybridized carbons (Fsp3) is 0.875. The normalized spacial score (nSPS) is 30.4. The maximum Gasteiger partial charge on any atom is 0.102 e. The molecule has 0 spiro atoms. The average molecular weight is 169 g/mol. The Morgan fingerprint density at radius 3 is 2.67 bits per heavy atom. The molecule has 4 nitrogen and oxygen atoms in total. The van der Waals surface area contributed by atoms with Gasteiger partial charge >= 0.3 is 0 Å². The third kappa shape index (κ3) is 1.32. The summed E-state index contributed by atoms with van der Waals surface area (Å²) in [7, 11) is 0. The van der Waals surface area contributed by atoms with E-state index in [4.69, 9.17) is 5.41 Å². The van der Waals surface area contributed by atoms with E-state index in [-0.39, 0.29) is 6.10 Å². The van der Waals surface area contributed by atoms with E-state index >= 15 is 0 Å². The minimum atomic E-state index is -0.210. The number of hydrogen-bond acceptors (Lipinski definition) is 3. The van der Waals surface area contributed by atoms with E-state index in [0.717, 1.165) is 26.1 Å². The molecule has 0 unspecified atom stereocenters. The fourth-order valence-electron chi connectivity index (χ4n) is 1.70. The summed E-state index contributed by atoms with van der Waals surface area (Å²) in [6, 6.07) is 0. The molecule has 2 rings (SSSR count). The molecule has 0 aromatic carbocycles.